The summed E-state index contributed by atoms with van der Waals surface area (Å²) in [4.78, 5) is 6.57. The van der Waals surface area contributed by atoms with Crippen LogP contribution in [-0.2, 0) is 10.0 Å². The van der Waals surface area contributed by atoms with E-state index in [1.165, 1.54) is 13.2 Å². The molecule has 18 heavy (non-hydrogen) atoms. The summed E-state index contributed by atoms with van der Waals surface area (Å²) < 4.78 is 25.6. The van der Waals surface area contributed by atoms with E-state index in [1.807, 2.05) is 0 Å². The monoisotopic (exact) mass is 274 g/mol. The molecular weight excluding hydrogens is 256 g/mol. The van der Waals surface area contributed by atoms with Crippen molar-refractivity contribution in [2.45, 2.75) is 24.0 Å². The van der Waals surface area contributed by atoms with Gasteiger partial charge >= 0.3 is 0 Å². The maximum absolute atomic E-state index is 12.2. The molecule has 1 fully saturated rings. The largest absolute Gasteiger partial charge is 0.387 e. The molecule has 0 radical (unpaired) electrons. The Balaban J connectivity index is 2.15. The molecule has 0 bridgehead atoms. The van der Waals surface area contributed by atoms with Crippen LogP contribution in [0, 0.1) is 6.92 Å². The van der Waals surface area contributed by atoms with E-state index in [1.54, 1.807) is 6.92 Å². The van der Waals surface area contributed by atoms with Gasteiger partial charge in [0.1, 0.15) is 5.82 Å². The minimum absolute atomic E-state index is 0.0528. The molecule has 102 valence electrons. The number of hydrogen-bond acceptors (Lipinski definition) is 5. The molecule has 1 aliphatic heterocycles. The summed E-state index contributed by atoms with van der Waals surface area (Å²) in [6.45, 7) is 2.87. The molecule has 0 amide bonds. The summed E-state index contributed by atoms with van der Waals surface area (Å²) in [5.74, 6) is 0.545. The van der Waals surface area contributed by atoms with Gasteiger partial charge in [0.25, 0.3) is 10.0 Å². The minimum atomic E-state index is -3.62. The van der Waals surface area contributed by atoms with E-state index in [2.05, 4.69) is 15.3 Å². The van der Waals surface area contributed by atoms with E-state index in [0.717, 1.165) is 4.31 Å². The number of H-pyrrole nitrogens is 1. The van der Waals surface area contributed by atoms with E-state index in [9.17, 15) is 13.5 Å². The van der Waals surface area contributed by atoms with E-state index >= 15 is 0 Å². The molecule has 1 aromatic rings. The van der Waals surface area contributed by atoms with E-state index in [4.69, 9.17) is 0 Å². The number of imidazole rings is 1. The van der Waals surface area contributed by atoms with Crippen LogP contribution in [-0.4, -0.2) is 60.1 Å². The first kappa shape index (κ1) is 13.5. The summed E-state index contributed by atoms with van der Waals surface area (Å²) in [6, 6.07) is 0. The van der Waals surface area contributed by atoms with Crippen LogP contribution in [0.15, 0.2) is 11.2 Å². The molecule has 1 aromatic heterocycles. The summed E-state index contributed by atoms with van der Waals surface area (Å²) >= 11 is 0. The third kappa shape index (κ3) is 2.56. The average molecular weight is 274 g/mol. The molecule has 1 aliphatic rings. The smallest absolute Gasteiger partial charge is 0.259 e. The Labute approximate surface area is 106 Å². The van der Waals surface area contributed by atoms with Gasteiger partial charge in [-0.1, -0.05) is 0 Å². The van der Waals surface area contributed by atoms with Crippen LogP contribution in [0.1, 0.15) is 12.2 Å². The summed E-state index contributed by atoms with van der Waals surface area (Å²) in [5, 5.41) is 13.3. The number of rotatable bonds is 4. The minimum Gasteiger partial charge on any atom is -0.387 e. The first-order valence-electron chi connectivity index (χ1n) is 5.75. The van der Waals surface area contributed by atoms with Crippen LogP contribution in [0.3, 0.4) is 0 Å². The van der Waals surface area contributed by atoms with E-state index in [-0.39, 0.29) is 11.6 Å². The quantitative estimate of drug-likeness (QED) is 0.658. The van der Waals surface area contributed by atoms with Crippen molar-refractivity contribution >= 4 is 10.0 Å². The zero-order chi connectivity index (χ0) is 13.4. The van der Waals surface area contributed by atoms with Gasteiger partial charge in [0, 0.05) is 20.1 Å². The van der Waals surface area contributed by atoms with Crippen molar-refractivity contribution in [3.05, 3.63) is 12.0 Å². The molecule has 0 spiro atoms. The topological polar surface area (TPSA) is 98.3 Å². The lowest BCUT2D eigenvalue weighted by atomic mass is 10.0. The Morgan fingerprint density at radius 2 is 2.33 bits per heavy atom. The maximum Gasteiger partial charge on any atom is 0.259 e. The second-order valence-electron chi connectivity index (χ2n) is 4.75. The predicted octanol–water partition coefficient (Wildman–Crippen LogP) is -0.937. The third-order valence-corrected chi connectivity index (χ3v) is 4.82. The standard InChI is InChI=1S/C10H18N4O3S/c1-8-12-5-9(13-8)18(16,17)14(2)7-10(15)3-4-11-6-10/h5,11,15H,3-4,6-7H2,1-2H3,(H,12,13). The summed E-state index contributed by atoms with van der Waals surface area (Å²) in [6.07, 6.45) is 1.84. The van der Waals surface area contributed by atoms with Crippen LogP contribution >= 0.6 is 0 Å². The molecule has 0 saturated carbocycles. The Hall–Kier alpha value is -0.960. The van der Waals surface area contributed by atoms with Gasteiger partial charge in [0.2, 0.25) is 0 Å². The Morgan fingerprint density at radius 3 is 2.83 bits per heavy atom. The number of nitrogens with one attached hydrogen (secondary N) is 2. The van der Waals surface area contributed by atoms with Crippen molar-refractivity contribution < 1.29 is 13.5 Å². The highest BCUT2D eigenvalue weighted by atomic mass is 32.2. The number of nitrogens with zero attached hydrogens (tertiary/aromatic N) is 2. The van der Waals surface area contributed by atoms with Crippen molar-refractivity contribution in [1.82, 2.24) is 19.6 Å². The number of β-amino-alcohol motifs (C(OH)–C–C–N with tert-alkyl or cyclic N) is 1. The number of aromatic nitrogens is 2. The van der Waals surface area contributed by atoms with E-state index in [0.29, 0.717) is 25.3 Å². The van der Waals surface area contributed by atoms with Gasteiger partial charge < -0.3 is 15.4 Å². The molecule has 1 saturated heterocycles. The molecule has 3 N–H and O–H groups in total. The summed E-state index contributed by atoms with van der Waals surface area (Å²) in [5.41, 5.74) is -0.989. The molecule has 1 atom stereocenters. The van der Waals surface area contributed by atoms with Crippen molar-refractivity contribution in [1.29, 1.82) is 0 Å². The van der Waals surface area contributed by atoms with Gasteiger partial charge in [-0.05, 0) is 19.9 Å². The van der Waals surface area contributed by atoms with Crippen LogP contribution < -0.4 is 5.32 Å². The highest BCUT2D eigenvalue weighted by molar-refractivity contribution is 7.89. The molecule has 0 aliphatic carbocycles. The van der Waals surface area contributed by atoms with Crippen molar-refractivity contribution in [3.63, 3.8) is 0 Å². The van der Waals surface area contributed by atoms with Gasteiger partial charge in [-0.25, -0.2) is 13.4 Å². The summed E-state index contributed by atoms with van der Waals surface area (Å²) in [7, 11) is -2.16. The Bertz CT molecular complexity index is 519. The molecular formula is C10H18N4O3S. The van der Waals surface area contributed by atoms with Crippen LogP contribution in [0.25, 0.3) is 0 Å². The Kier molecular flexibility index (Phi) is 3.45. The lowest BCUT2D eigenvalue weighted by Gasteiger charge is -2.26. The van der Waals surface area contributed by atoms with E-state index < -0.39 is 15.6 Å². The fraction of sp³-hybridized carbons (Fsp3) is 0.700. The molecule has 7 nitrogen and oxygen atoms in total. The molecule has 2 heterocycles. The van der Waals surface area contributed by atoms with Gasteiger partial charge in [-0.3, -0.25) is 0 Å². The average Bonchev–Trinajstić information content (AvgIpc) is 2.87. The number of sulfonamides is 1. The number of hydrogen-bond donors (Lipinski definition) is 3. The highest BCUT2D eigenvalue weighted by Crippen LogP contribution is 2.19. The normalized spacial score (nSPS) is 24.9. The second-order valence-corrected chi connectivity index (χ2v) is 6.76. The van der Waals surface area contributed by atoms with Gasteiger partial charge in [-0.15, -0.1) is 0 Å². The van der Waals surface area contributed by atoms with Crippen molar-refractivity contribution in [3.8, 4) is 0 Å². The zero-order valence-electron chi connectivity index (χ0n) is 10.5. The molecule has 0 aromatic carbocycles. The maximum atomic E-state index is 12.2. The number of likely N-dealkylation sites (N-methyl/N-ethyl adjacent to an activating group) is 1. The van der Waals surface area contributed by atoms with Gasteiger partial charge in [0.15, 0.2) is 5.03 Å². The highest BCUT2D eigenvalue weighted by Gasteiger charge is 2.36. The number of aromatic amines is 1. The molecule has 2 rings (SSSR count). The predicted molar refractivity (Wildman–Crippen MR) is 65.6 cm³/mol. The van der Waals surface area contributed by atoms with Gasteiger partial charge in [-0.2, -0.15) is 4.31 Å². The lowest BCUT2D eigenvalue weighted by Crippen LogP contribution is -2.45. The van der Waals surface area contributed by atoms with Crippen molar-refractivity contribution in [2.24, 2.45) is 0 Å². The fourth-order valence-electron chi connectivity index (χ4n) is 2.06. The Morgan fingerprint density at radius 1 is 1.61 bits per heavy atom. The van der Waals surface area contributed by atoms with Crippen LogP contribution in [0.2, 0.25) is 0 Å². The lowest BCUT2D eigenvalue weighted by molar-refractivity contribution is 0.0462. The molecule has 1 unspecified atom stereocenters. The first-order chi connectivity index (χ1) is 8.33. The number of aryl methyl sites for hydroxylation is 1. The third-order valence-electron chi connectivity index (χ3n) is 3.11. The first-order valence-corrected chi connectivity index (χ1v) is 7.19. The van der Waals surface area contributed by atoms with Crippen molar-refractivity contribution in [2.75, 3.05) is 26.7 Å². The second kappa shape index (κ2) is 4.61. The van der Waals surface area contributed by atoms with Crippen LogP contribution in [0.5, 0.6) is 0 Å². The number of aliphatic hydroxyl groups is 1. The SMILES string of the molecule is Cc1ncc(S(=O)(=O)N(C)CC2(O)CCNC2)[nH]1. The zero-order valence-corrected chi connectivity index (χ0v) is 11.3. The fourth-order valence-corrected chi connectivity index (χ4v) is 3.27. The van der Waals surface area contributed by atoms with Crippen LogP contribution in [0.4, 0.5) is 0 Å². The van der Waals surface area contributed by atoms with Gasteiger partial charge in [0.05, 0.1) is 11.8 Å². The molecule has 8 heteroatoms.